The Labute approximate surface area is 134 Å². The van der Waals surface area contributed by atoms with Crippen molar-refractivity contribution < 1.29 is 9.53 Å². The number of methoxy groups -OCH3 is 1. The normalized spacial score (nSPS) is 12.2. The van der Waals surface area contributed by atoms with Crippen LogP contribution in [0.15, 0.2) is 29.3 Å². The maximum absolute atomic E-state index is 12.1. The van der Waals surface area contributed by atoms with Gasteiger partial charge in [0.25, 0.3) is 0 Å². The lowest BCUT2D eigenvalue weighted by Gasteiger charge is -2.15. The molecule has 0 aliphatic carbocycles. The summed E-state index contributed by atoms with van der Waals surface area (Å²) in [6.45, 7) is 6.08. The van der Waals surface area contributed by atoms with E-state index in [1.807, 2.05) is 39.0 Å². The van der Waals surface area contributed by atoms with Crippen molar-refractivity contribution in [3.8, 4) is 5.69 Å². The lowest BCUT2D eigenvalue weighted by molar-refractivity contribution is -0.122. The number of amides is 1. The van der Waals surface area contributed by atoms with E-state index >= 15 is 0 Å². The van der Waals surface area contributed by atoms with Crippen LogP contribution < -0.4 is 11.0 Å². The second kappa shape index (κ2) is 7.23. The molecule has 0 radical (unpaired) electrons. The first-order chi connectivity index (χ1) is 10.9. The maximum atomic E-state index is 12.1. The van der Waals surface area contributed by atoms with Crippen LogP contribution in [0.4, 0.5) is 0 Å². The number of hydrogen-bond acceptors (Lipinski definition) is 4. The average molecular weight is 318 g/mol. The fourth-order valence-corrected chi connectivity index (χ4v) is 2.38. The van der Waals surface area contributed by atoms with Gasteiger partial charge in [-0.15, -0.1) is 0 Å². The van der Waals surface area contributed by atoms with E-state index in [4.69, 9.17) is 4.74 Å². The molecule has 2 rings (SSSR count). The van der Waals surface area contributed by atoms with E-state index in [2.05, 4.69) is 10.3 Å². The van der Waals surface area contributed by atoms with Gasteiger partial charge >= 0.3 is 5.69 Å². The first kappa shape index (κ1) is 17.0. The molecule has 0 fully saturated rings. The predicted molar refractivity (Wildman–Crippen MR) is 86.8 cm³/mol. The number of hydrogen-bond donors (Lipinski definition) is 1. The SMILES string of the molecule is COC[C@H](C)NC(=O)Cn1c(=O)ncn1-c1cc(C)ccc1C. The van der Waals surface area contributed by atoms with Crippen LogP contribution in [0.5, 0.6) is 0 Å². The van der Waals surface area contributed by atoms with Gasteiger partial charge in [-0.25, -0.2) is 14.2 Å². The molecular weight excluding hydrogens is 296 g/mol. The van der Waals surface area contributed by atoms with Crippen molar-refractivity contribution in [2.45, 2.75) is 33.4 Å². The molecule has 23 heavy (non-hydrogen) atoms. The highest BCUT2D eigenvalue weighted by Gasteiger charge is 2.14. The molecule has 1 aromatic heterocycles. The van der Waals surface area contributed by atoms with E-state index in [1.165, 1.54) is 11.0 Å². The number of rotatable bonds is 6. The first-order valence-corrected chi connectivity index (χ1v) is 7.42. The van der Waals surface area contributed by atoms with Crippen molar-refractivity contribution in [1.82, 2.24) is 19.7 Å². The number of benzene rings is 1. The molecular formula is C16H22N4O3. The summed E-state index contributed by atoms with van der Waals surface area (Å²) in [6, 6.07) is 5.80. The lowest BCUT2D eigenvalue weighted by Crippen LogP contribution is -2.40. The Morgan fingerprint density at radius 1 is 1.39 bits per heavy atom. The fraction of sp³-hybridized carbons (Fsp3) is 0.438. The Kier molecular flexibility index (Phi) is 5.33. The van der Waals surface area contributed by atoms with Gasteiger partial charge in [-0.1, -0.05) is 12.1 Å². The summed E-state index contributed by atoms with van der Waals surface area (Å²) >= 11 is 0. The van der Waals surface area contributed by atoms with Crippen LogP contribution in [-0.2, 0) is 16.1 Å². The van der Waals surface area contributed by atoms with Crippen LogP contribution in [0.1, 0.15) is 18.1 Å². The Morgan fingerprint density at radius 2 is 2.13 bits per heavy atom. The molecule has 0 unspecified atom stereocenters. The summed E-state index contributed by atoms with van der Waals surface area (Å²) in [4.78, 5) is 27.9. The minimum atomic E-state index is -0.458. The third kappa shape index (κ3) is 4.07. The number of ether oxygens (including phenoxy) is 1. The maximum Gasteiger partial charge on any atom is 0.364 e. The zero-order valence-corrected chi connectivity index (χ0v) is 13.9. The zero-order valence-electron chi connectivity index (χ0n) is 13.9. The zero-order chi connectivity index (χ0) is 17.0. The van der Waals surface area contributed by atoms with Gasteiger partial charge in [0.2, 0.25) is 5.91 Å². The largest absolute Gasteiger partial charge is 0.383 e. The van der Waals surface area contributed by atoms with Gasteiger partial charge in [0.1, 0.15) is 12.9 Å². The summed E-state index contributed by atoms with van der Waals surface area (Å²) in [6.07, 6.45) is 1.44. The van der Waals surface area contributed by atoms with Crippen molar-refractivity contribution in [3.63, 3.8) is 0 Å². The van der Waals surface area contributed by atoms with Crippen molar-refractivity contribution in [2.24, 2.45) is 0 Å². The predicted octanol–water partition coefficient (Wildman–Crippen LogP) is 0.802. The Balaban J connectivity index is 2.27. The lowest BCUT2D eigenvalue weighted by atomic mass is 10.1. The topological polar surface area (TPSA) is 78.2 Å². The molecule has 1 aromatic carbocycles. The van der Waals surface area contributed by atoms with Crippen molar-refractivity contribution in [3.05, 3.63) is 46.1 Å². The highest BCUT2D eigenvalue weighted by Crippen LogP contribution is 2.14. The minimum absolute atomic E-state index is 0.0970. The molecule has 0 spiro atoms. The van der Waals surface area contributed by atoms with E-state index in [-0.39, 0.29) is 18.5 Å². The van der Waals surface area contributed by atoms with Gasteiger partial charge in [-0.2, -0.15) is 4.98 Å². The first-order valence-electron chi connectivity index (χ1n) is 7.42. The van der Waals surface area contributed by atoms with Crippen LogP contribution in [0.2, 0.25) is 0 Å². The summed E-state index contributed by atoms with van der Waals surface area (Å²) in [5.41, 5.74) is 2.43. The van der Waals surface area contributed by atoms with E-state index in [9.17, 15) is 9.59 Å². The van der Waals surface area contributed by atoms with Gasteiger partial charge < -0.3 is 10.1 Å². The van der Waals surface area contributed by atoms with E-state index < -0.39 is 5.69 Å². The van der Waals surface area contributed by atoms with E-state index in [1.54, 1.807) is 11.8 Å². The third-order valence-corrected chi connectivity index (χ3v) is 3.49. The summed E-state index contributed by atoms with van der Waals surface area (Å²) < 4.78 is 7.92. The van der Waals surface area contributed by atoms with Gasteiger partial charge in [0.15, 0.2) is 0 Å². The molecule has 0 saturated carbocycles. The van der Waals surface area contributed by atoms with E-state index in [0.717, 1.165) is 16.8 Å². The molecule has 1 heterocycles. The van der Waals surface area contributed by atoms with Gasteiger partial charge in [0, 0.05) is 13.2 Å². The standard InChI is InChI=1S/C16H22N4O3/c1-11-5-6-12(2)14(7-11)20-10-17-16(22)19(20)8-15(21)18-13(3)9-23-4/h5-7,10,13H,8-9H2,1-4H3,(H,18,21)/t13-/m0/s1. The van der Waals surface area contributed by atoms with Crippen LogP contribution in [0.25, 0.3) is 5.69 Å². The van der Waals surface area contributed by atoms with Crippen LogP contribution >= 0.6 is 0 Å². The Bertz CT molecular complexity index is 748. The molecule has 1 atom stereocenters. The molecule has 0 aliphatic rings. The van der Waals surface area contributed by atoms with Crippen molar-refractivity contribution in [2.75, 3.05) is 13.7 Å². The summed E-state index contributed by atoms with van der Waals surface area (Å²) in [5, 5.41) is 2.79. The van der Waals surface area contributed by atoms with Crippen molar-refractivity contribution >= 4 is 5.91 Å². The van der Waals surface area contributed by atoms with Crippen LogP contribution in [0, 0.1) is 13.8 Å². The van der Waals surface area contributed by atoms with Gasteiger partial charge in [0.05, 0.1) is 12.3 Å². The summed E-state index contributed by atoms with van der Waals surface area (Å²) in [7, 11) is 1.57. The smallest absolute Gasteiger partial charge is 0.364 e. The quantitative estimate of drug-likeness (QED) is 0.854. The Morgan fingerprint density at radius 3 is 2.83 bits per heavy atom. The number of aromatic nitrogens is 3. The van der Waals surface area contributed by atoms with Crippen LogP contribution in [0.3, 0.4) is 0 Å². The highest BCUT2D eigenvalue weighted by atomic mass is 16.5. The number of nitrogens with zero attached hydrogens (tertiary/aromatic N) is 3. The highest BCUT2D eigenvalue weighted by molar-refractivity contribution is 5.75. The molecule has 0 aliphatic heterocycles. The molecule has 1 amide bonds. The Hall–Kier alpha value is -2.41. The third-order valence-electron chi connectivity index (χ3n) is 3.49. The molecule has 1 N–H and O–H groups in total. The average Bonchev–Trinajstić information content (AvgIpc) is 2.83. The molecule has 0 bridgehead atoms. The molecule has 2 aromatic rings. The second-order valence-corrected chi connectivity index (χ2v) is 5.64. The molecule has 7 heteroatoms. The molecule has 7 nitrogen and oxygen atoms in total. The molecule has 124 valence electrons. The number of nitrogens with one attached hydrogen (secondary N) is 1. The summed E-state index contributed by atoms with van der Waals surface area (Å²) in [5.74, 6) is -0.260. The van der Waals surface area contributed by atoms with Gasteiger partial charge in [-0.05, 0) is 38.0 Å². The fourth-order valence-electron chi connectivity index (χ4n) is 2.38. The number of aryl methyl sites for hydroxylation is 2. The number of carbonyl (C=O) groups excluding carboxylic acids is 1. The van der Waals surface area contributed by atoms with Crippen molar-refractivity contribution in [1.29, 1.82) is 0 Å². The van der Waals surface area contributed by atoms with E-state index in [0.29, 0.717) is 6.61 Å². The van der Waals surface area contributed by atoms with Gasteiger partial charge in [-0.3, -0.25) is 4.79 Å². The molecule has 0 saturated heterocycles. The minimum Gasteiger partial charge on any atom is -0.383 e. The monoisotopic (exact) mass is 318 g/mol. The van der Waals surface area contributed by atoms with Crippen LogP contribution in [-0.4, -0.2) is 40.0 Å². The second-order valence-electron chi connectivity index (χ2n) is 5.64. The number of carbonyl (C=O) groups is 1.